The third kappa shape index (κ3) is 10.3. The summed E-state index contributed by atoms with van der Waals surface area (Å²) < 4.78 is 9.89. The summed E-state index contributed by atoms with van der Waals surface area (Å²) in [5.74, 6) is 0. The number of nitrogens with zero attached hydrogens (tertiary/aromatic N) is 1. The van der Waals surface area contributed by atoms with Crippen LogP contribution in [0.15, 0.2) is 0 Å². The highest BCUT2D eigenvalue weighted by atomic mass is 16.6. The number of hydrogen-bond donors (Lipinski definition) is 3. The molecule has 6 nitrogen and oxygen atoms in total. The second kappa shape index (κ2) is 12.8. The first-order valence-corrected chi connectivity index (χ1v) is 5.55. The highest BCUT2D eigenvalue weighted by Crippen LogP contribution is 1.85. The van der Waals surface area contributed by atoms with Gasteiger partial charge in [-0.1, -0.05) is 0 Å². The Hall–Kier alpha value is -0.240. The largest absolute Gasteiger partial charge is 0.395 e. The molecule has 0 aromatic rings. The number of hydrogen-bond acceptors (Lipinski definition) is 6. The van der Waals surface area contributed by atoms with Crippen molar-refractivity contribution < 1.29 is 24.8 Å². The van der Waals surface area contributed by atoms with Crippen LogP contribution in [0.4, 0.5) is 0 Å². The lowest BCUT2D eigenvalue weighted by molar-refractivity contribution is -0.0334. The molecule has 1 saturated heterocycles. The molecule has 0 amide bonds. The summed E-state index contributed by atoms with van der Waals surface area (Å²) in [6.45, 7) is 4.86. The Morgan fingerprint density at radius 3 is 1.19 bits per heavy atom. The lowest BCUT2D eigenvalue weighted by atomic mass is 10.4. The van der Waals surface area contributed by atoms with Crippen molar-refractivity contribution in [2.75, 3.05) is 65.9 Å². The van der Waals surface area contributed by atoms with Crippen molar-refractivity contribution in [3.8, 4) is 0 Å². The molecule has 1 heterocycles. The number of aliphatic hydroxyl groups is 3. The molecule has 1 rings (SSSR count). The van der Waals surface area contributed by atoms with Crippen LogP contribution in [0.5, 0.6) is 0 Å². The summed E-state index contributed by atoms with van der Waals surface area (Å²) in [4.78, 5) is 1.79. The van der Waals surface area contributed by atoms with E-state index in [1.165, 1.54) is 0 Å². The van der Waals surface area contributed by atoms with Crippen LogP contribution in [-0.2, 0) is 9.47 Å². The molecule has 1 fully saturated rings. The van der Waals surface area contributed by atoms with Crippen LogP contribution in [-0.4, -0.2) is 86.1 Å². The van der Waals surface area contributed by atoms with Crippen molar-refractivity contribution >= 4 is 0 Å². The summed E-state index contributed by atoms with van der Waals surface area (Å²) >= 11 is 0. The molecule has 0 bridgehead atoms. The fraction of sp³-hybridized carbons (Fsp3) is 1.00. The zero-order valence-corrected chi connectivity index (χ0v) is 9.68. The molecule has 0 spiro atoms. The Morgan fingerprint density at radius 2 is 1.00 bits per heavy atom. The van der Waals surface area contributed by atoms with Crippen LogP contribution in [0, 0.1) is 0 Å². The summed E-state index contributed by atoms with van der Waals surface area (Å²) in [5, 5.41) is 25.5. The lowest BCUT2D eigenvalue weighted by Crippen LogP contribution is -2.32. The molecule has 0 atom stereocenters. The monoisotopic (exact) mass is 237 g/mol. The van der Waals surface area contributed by atoms with E-state index in [9.17, 15) is 0 Å². The predicted octanol–water partition coefficient (Wildman–Crippen LogP) is -1.70. The van der Waals surface area contributed by atoms with Gasteiger partial charge in [-0.25, -0.2) is 0 Å². The van der Waals surface area contributed by atoms with Crippen molar-refractivity contribution in [1.82, 2.24) is 4.90 Å². The van der Waals surface area contributed by atoms with Gasteiger partial charge in [-0.15, -0.1) is 0 Å². The molecule has 98 valence electrons. The fourth-order valence-corrected chi connectivity index (χ4v) is 1.20. The second-order valence-corrected chi connectivity index (χ2v) is 3.24. The van der Waals surface area contributed by atoms with Gasteiger partial charge in [0.25, 0.3) is 0 Å². The predicted molar refractivity (Wildman–Crippen MR) is 59.3 cm³/mol. The van der Waals surface area contributed by atoms with Crippen LogP contribution in [0.3, 0.4) is 0 Å². The van der Waals surface area contributed by atoms with Gasteiger partial charge >= 0.3 is 0 Å². The smallest absolute Gasteiger partial charge is 0.0701 e. The Morgan fingerprint density at radius 1 is 0.688 bits per heavy atom. The van der Waals surface area contributed by atoms with Crippen molar-refractivity contribution in [3.63, 3.8) is 0 Å². The molecule has 0 unspecified atom stereocenters. The van der Waals surface area contributed by atoms with Crippen molar-refractivity contribution in [3.05, 3.63) is 0 Å². The van der Waals surface area contributed by atoms with Gasteiger partial charge in [0.05, 0.1) is 46.2 Å². The number of ether oxygens (including phenoxy) is 2. The van der Waals surface area contributed by atoms with Crippen molar-refractivity contribution in [2.45, 2.75) is 0 Å². The zero-order chi connectivity index (χ0) is 12.1. The van der Waals surface area contributed by atoms with E-state index in [0.29, 0.717) is 19.6 Å². The van der Waals surface area contributed by atoms with Gasteiger partial charge in [0.2, 0.25) is 0 Å². The molecule has 0 saturated carbocycles. The topological polar surface area (TPSA) is 82.4 Å². The maximum atomic E-state index is 8.48. The molecule has 6 heteroatoms. The van der Waals surface area contributed by atoms with Gasteiger partial charge in [0.15, 0.2) is 0 Å². The SMILES string of the molecule is C1COCCO1.OCCN(CCO)CCO. The van der Waals surface area contributed by atoms with E-state index < -0.39 is 0 Å². The minimum absolute atomic E-state index is 0.0694. The number of rotatable bonds is 6. The van der Waals surface area contributed by atoms with Crippen molar-refractivity contribution in [2.24, 2.45) is 0 Å². The molecule has 0 aliphatic carbocycles. The first-order valence-electron chi connectivity index (χ1n) is 5.55. The molecular weight excluding hydrogens is 214 g/mol. The lowest BCUT2D eigenvalue weighted by Gasteiger charge is -2.17. The average Bonchev–Trinajstić information content (AvgIpc) is 2.33. The molecule has 0 radical (unpaired) electrons. The van der Waals surface area contributed by atoms with Crippen molar-refractivity contribution in [1.29, 1.82) is 0 Å². The highest BCUT2D eigenvalue weighted by Gasteiger charge is 2.00. The summed E-state index contributed by atoms with van der Waals surface area (Å²) in [5.41, 5.74) is 0. The van der Waals surface area contributed by atoms with E-state index in [1.54, 1.807) is 4.90 Å². The Bertz CT molecular complexity index is 107. The molecule has 0 aromatic heterocycles. The Kier molecular flexibility index (Phi) is 12.6. The quantitative estimate of drug-likeness (QED) is 0.511. The van der Waals surface area contributed by atoms with Gasteiger partial charge in [0.1, 0.15) is 0 Å². The standard InChI is InChI=1S/C6H15NO3.C4H8O2/c8-4-1-7(2-5-9)3-6-10;1-2-6-4-3-5-1/h8-10H,1-6H2;1-4H2. The van der Waals surface area contributed by atoms with Gasteiger partial charge in [-0.05, 0) is 0 Å². The minimum atomic E-state index is 0.0694. The molecule has 1 aliphatic rings. The third-order valence-corrected chi connectivity index (χ3v) is 1.99. The highest BCUT2D eigenvalue weighted by molar-refractivity contribution is 4.54. The third-order valence-electron chi connectivity index (χ3n) is 1.99. The van der Waals surface area contributed by atoms with Gasteiger partial charge < -0.3 is 24.8 Å². The maximum absolute atomic E-state index is 8.48. The van der Waals surface area contributed by atoms with E-state index in [0.717, 1.165) is 26.4 Å². The van der Waals surface area contributed by atoms with Gasteiger partial charge in [-0.3, -0.25) is 4.90 Å². The molecule has 1 aliphatic heterocycles. The summed E-state index contributed by atoms with van der Waals surface area (Å²) in [6, 6.07) is 0. The maximum Gasteiger partial charge on any atom is 0.0701 e. The fourth-order valence-electron chi connectivity index (χ4n) is 1.20. The van der Waals surface area contributed by atoms with Crippen LogP contribution >= 0.6 is 0 Å². The molecule has 0 aromatic carbocycles. The Labute approximate surface area is 96.4 Å². The zero-order valence-electron chi connectivity index (χ0n) is 9.68. The van der Waals surface area contributed by atoms with Crippen LogP contribution in [0.2, 0.25) is 0 Å². The second-order valence-electron chi connectivity index (χ2n) is 3.24. The molecule has 3 N–H and O–H groups in total. The first kappa shape index (κ1) is 15.8. The summed E-state index contributed by atoms with van der Waals surface area (Å²) in [6.07, 6.45) is 0. The molecular formula is C10H23NO5. The first-order chi connectivity index (χ1) is 7.85. The Balaban J connectivity index is 0.000000315. The van der Waals surface area contributed by atoms with Gasteiger partial charge in [-0.2, -0.15) is 0 Å². The van der Waals surface area contributed by atoms with Crippen LogP contribution < -0.4 is 0 Å². The van der Waals surface area contributed by atoms with E-state index in [-0.39, 0.29) is 19.8 Å². The molecule has 16 heavy (non-hydrogen) atoms. The van der Waals surface area contributed by atoms with E-state index in [1.807, 2.05) is 0 Å². The minimum Gasteiger partial charge on any atom is -0.395 e. The van der Waals surface area contributed by atoms with E-state index in [4.69, 9.17) is 24.8 Å². The van der Waals surface area contributed by atoms with Gasteiger partial charge in [0, 0.05) is 19.6 Å². The number of aliphatic hydroxyl groups excluding tert-OH is 3. The van der Waals surface area contributed by atoms with E-state index >= 15 is 0 Å². The van der Waals surface area contributed by atoms with Crippen LogP contribution in [0.25, 0.3) is 0 Å². The van der Waals surface area contributed by atoms with E-state index in [2.05, 4.69) is 0 Å². The van der Waals surface area contributed by atoms with Crippen LogP contribution in [0.1, 0.15) is 0 Å². The summed E-state index contributed by atoms with van der Waals surface area (Å²) in [7, 11) is 0. The normalized spacial score (nSPS) is 15.8. The average molecular weight is 237 g/mol.